The van der Waals surface area contributed by atoms with Crippen molar-refractivity contribution in [1.29, 1.82) is 5.26 Å². The van der Waals surface area contributed by atoms with Crippen molar-refractivity contribution in [2.75, 3.05) is 19.6 Å². The second kappa shape index (κ2) is 6.72. The fraction of sp³-hybridized carbons (Fsp3) is 0.286. The molecule has 2 aromatic carbocycles. The van der Waals surface area contributed by atoms with Crippen LogP contribution in [0.5, 0.6) is 0 Å². The highest BCUT2D eigenvalue weighted by Gasteiger charge is 2.20. The van der Waals surface area contributed by atoms with E-state index in [9.17, 15) is 5.11 Å². The molecule has 1 unspecified atom stereocenters. The number of furan rings is 1. The molecule has 0 amide bonds. The molecule has 1 fully saturated rings. The number of nitriles is 1. The van der Waals surface area contributed by atoms with Gasteiger partial charge in [-0.2, -0.15) is 5.26 Å². The smallest absolute Gasteiger partial charge is 0.134 e. The van der Waals surface area contributed by atoms with Gasteiger partial charge in [0.05, 0.1) is 17.7 Å². The van der Waals surface area contributed by atoms with Crippen LogP contribution in [0.2, 0.25) is 0 Å². The summed E-state index contributed by atoms with van der Waals surface area (Å²) in [6.07, 6.45) is 1.55. The molecule has 4 nitrogen and oxygen atoms in total. The monoisotopic (exact) mass is 332 g/mol. The molecule has 1 aliphatic rings. The Bertz CT molecular complexity index is 921. The standard InChI is InChI=1S/C21H20N2O2/c22-13-15-1-3-16(4-2-15)17-5-6-21-18(11-17)12-20(25-21)8-10-23-9-7-19(24)14-23/h1-6,11-12,19,24H,7-10,14H2. The average Bonchev–Trinajstić information content (AvgIpc) is 3.24. The first kappa shape index (κ1) is 15.9. The first-order valence-electron chi connectivity index (χ1n) is 8.65. The third-order valence-electron chi connectivity index (χ3n) is 4.84. The van der Waals surface area contributed by atoms with Gasteiger partial charge in [-0.15, -0.1) is 0 Å². The molecule has 0 saturated carbocycles. The summed E-state index contributed by atoms with van der Waals surface area (Å²) in [5.74, 6) is 0.980. The number of nitrogens with zero attached hydrogens (tertiary/aromatic N) is 2. The topological polar surface area (TPSA) is 60.4 Å². The molecule has 0 aliphatic carbocycles. The normalized spacial score (nSPS) is 17.8. The Morgan fingerprint density at radius 2 is 1.92 bits per heavy atom. The number of β-amino-alcohol motifs (C(OH)–C–C–N with tert-alkyl or cyclic N) is 1. The Balaban J connectivity index is 1.51. The summed E-state index contributed by atoms with van der Waals surface area (Å²) in [5, 5.41) is 19.6. The molecule has 126 valence electrons. The van der Waals surface area contributed by atoms with Gasteiger partial charge in [-0.1, -0.05) is 18.2 Å². The molecular formula is C21H20N2O2. The van der Waals surface area contributed by atoms with Crippen LogP contribution in [0.1, 0.15) is 17.7 Å². The highest BCUT2D eigenvalue weighted by atomic mass is 16.3. The molecule has 1 N–H and O–H groups in total. The van der Waals surface area contributed by atoms with Crippen LogP contribution in [0.4, 0.5) is 0 Å². The maximum Gasteiger partial charge on any atom is 0.134 e. The second-order valence-electron chi connectivity index (χ2n) is 6.65. The van der Waals surface area contributed by atoms with Crippen molar-refractivity contribution in [2.24, 2.45) is 0 Å². The Labute approximate surface area is 146 Å². The van der Waals surface area contributed by atoms with Gasteiger partial charge < -0.3 is 14.4 Å². The number of benzene rings is 2. The van der Waals surface area contributed by atoms with E-state index in [1.807, 2.05) is 36.4 Å². The molecular weight excluding hydrogens is 312 g/mol. The zero-order chi connectivity index (χ0) is 17.2. The number of fused-ring (bicyclic) bond motifs is 1. The summed E-state index contributed by atoms with van der Waals surface area (Å²) < 4.78 is 5.95. The van der Waals surface area contributed by atoms with Crippen LogP contribution in [-0.4, -0.2) is 35.7 Å². The predicted octanol–water partition coefficient (Wildman–Crippen LogP) is 3.58. The summed E-state index contributed by atoms with van der Waals surface area (Å²) >= 11 is 0. The molecule has 1 saturated heterocycles. The van der Waals surface area contributed by atoms with Crippen molar-refractivity contribution in [1.82, 2.24) is 4.90 Å². The lowest BCUT2D eigenvalue weighted by Crippen LogP contribution is -2.24. The van der Waals surface area contributed by atoms with Crippen molar-refractivity contribution in [2.45, 2.75) is 18.9 Å². The molecule has 0 radical (unpaired) electrons. The maximum atomic E-state index is 9.60. The van der Waals surface area contributed by atoms with Crippen molar-refractivity contribution in [3.63, 3.8) is 0 Å². The Morgan fingerprint density at radius 1 is 1.12 bits per heavy atom. The summed E-state index contributed by atoms with van der Waals surface area (Å²) in [6.45, 7) is 2.65. The quantitative estimate of drug-likeness (QED) is 0.793. The number of rotatable bonds is 4. The van der Waals surface area contributed by atoms with Gasteiger partial charge in [0.1, 0.15) is 11.3 Å². The lowest BCUT2D eigenvalue weighted by Gasteiger charge is -2.13. The minimum atomic E-state index is -0.175. The van der Waals surface area contributed by atoms with Gasteiger partial charge in [-0.05, 0) is 47.9 Å². The number of aliphatic hydroxyl groups excluding tert-OH is 1. The van der Waals surface area contributed by atoms with E-state index in [1.54, 1.807) is 0 Å². The van der Waals surface area contributed by atoms with Gasteiger partial charge in [0, 0.05) is 31.4 Å². The van der Waals surface area contributed by atoms with Gasteiger partial charge in [-0.25, -0.2) is 0 Å². The lowest BCUT2D eigenvalue weighted by atomic mass is 10.0. The zero-order valence-electron chi connectivity index (χ0n) is 14.0. The minimum absolute atomic E-state index is 0.175. The Kier molecular flexibility index (Phi) is 4.27. The van der Waals surface area contributed by atoms with E-state index in [2.05, 4.69) is 23.1 Å². The summed E-state index contributed by atoms with van der Waals surface area (Å²) in [4.78, 5) is 2.28. The first-order chi connectivity index (χ1) is 12.2. The Hall–Kier alpha value is -2.61. The summed E-state index contributed by atoms with van der Waals surface area (Å²) in [6, 6.07) is 18.1. The number of likely N-dealkylation sites (tertiary alicyclic amines) is 1. The fourth-order valence-electron chi connectivity index (χ4n) is 3.42. The van der Waals surface area contributed by atoms with E-state index in [0.29, 0.717) is 5.56 Å². The fourth-order valence-corrected chi connectivity index (χ4v) is 3.42. The van der Waals surface area contributed by atoms with E-state index in [1.165, 1.54) is 0 Å². The van der Waals surface area contributed by atoms with Gasteiger partial charge >= 0.3 is 0 Å². The molecule has 4 heteroatoms. The van der Waals surface area contributed by atoms with Crippen LogP contribution in [0.3, 0.4) is 0 Å². The van der Waals surface area contributed by atoms with Crippen LogP contribution in [-0.2, 0) is 6.42 Å². The second-order valence-corrected chi connectivity index (χ2v) is 6.65. The molecule has 4 rings (SSSR count). The molecule has 25 heavy (non-hydrogen) atoms. The molecule has 0 spiro atoms. The largest absolute Gasteiger partial charge is 0.461 e. The van der Waals surface area contributed by atoms with E-state index in [-0.39, 0.29) is 6.10 Å². The third-order valence-corrected chi connectivity index (χ3v) is 4.84. The lowest BCUT2D eigenvalue weighted by molar-refractivity contribution is 0.176. The summed E-state index contributed by atoms with van der Waals surface area (Å²) in [5.41, 5.74) is 3.78. The van der Waals surface area contributed by atoms with E-state index < -0.39 is 0 Å². The molecule has 1 aromatic heterocycles. The van der Waals surface area contributed by atoms with Gasteiger partial charge in [-0.3, -0.25) is 0 Å². The SMILES string of the molecule is N#Cc1ccc(-c2ccc3oc(CCN4CCC(O)C4)cc3c2)cc1. The van der Waals surface area contributed by atoms with Crippen molar-refractivity contribution >= 4 is 11.0 Å². The zero-order valence-corrected chi connectivity index (χ0v) is 14.0. The first-order valence-corrected chi connectivity index (χ1v) is 8.65. The van der Waals surface area contributed by atoms with E-state index in [4.69, 9.17) is 9.68 Å². The van der Waals surface area contributed by atoms with Crippen LogP contribution in [0, 0.1) is 11.3 Å². The highest BCUT2D eigenvalue weighted by Crippen LogP contribution is 2.27. The molecule has 1 aliphatic heterocycles. The van der Waals surface area contributed by atoms with Crippen LogP contribution < -0.4 is 0 Å². The van der Waals surface area contributed by atoms with Crippen LogP contribution >= 0.6 is 0 Å². The molecule has 3 aromatic rings. The van der Waals surface area contributed by atoms with Crippen molar-refractivity contribution < 1.29 is 9.52 Å². The van der Waals surface area contributed by atoms with Crippen LogP contribution in [0.15, 0.2) is 52.9 Å². The highest BCUT2D eigenvalue weighted by molar-refractivity contribution is 5.84. The van der Waals surface area contributed by atoms with Gasteiger partial charge in [0.25, 0.3) is 0 Å². The minimum Gasteiger partial charge on any atom is -0.461 e. The van der Waals surface area contributed by atoms with Gasteiger partial charge in [0.15, 0.2) is 0 Å². The number of aliphatic hydroxyl groups is 1. The van der Waals surface area contributed by atoms with Crippen molar-refractivity contribution in [3.05, 3.63) is 59.9 Å². The van der Waals surface area contributed by atoms with E-state index in [0.717, 1.165) is 60.3 Å². The van der Waals surface area contributed by atoms with Crippen LogP contribution in [0.25, 0.3) is 22.1 Å². The molecule has 0 bridgehead atoms. The summed E-state index contributed by atoms with van der Waals surface area (Å²) in [7, 11) is 0. The van der Waals surface area contributed by atoms with E-state index >= 15 is 0 Å². The van der Waals surface area contributed by atoms with Gasteiger partial charge in [0.2, 0.25) is 0 Å². The third kappa shape index (κ3) is 3.43. The average molecular weight is 332 g/mol. The number of hydrogen-bond acceptors (Lipinski definition) is 4. The predicted molar refractivity (Wildman–Crippen MR) is 97.1 cm³/mol. The Morgan fingerprint density at radius 3 is 2.64 bits per heavy atom. The number of hydrogen-bond donors (Lipinski definition) is 1. The maximum absolute atomic E-state index is 9.60. The van der Waals surface area contributed by atoms with Crippen molar-refractivity contribution in [3.8, 4) is 17.2 Å². The molecule has 1 atom stereocenters. The molecule has 2 heterocycles.